The van der Waals surface area contributed by atoms with E-state index in [1.807, 2.05) is 51.2 Å². The smallest absolute Gasteiger partial charge is 0.282 e. The van der Waals surface area contributed by atoms with Crippen molar-refractivity contribution < 1.29 is 14.1 Å². The summed E-state index contributed by atoms with van der Waals surface area (Å²) in [5.41, 5.74) is 2.46. The van der Waals surface area contributed by atoms with Crippen molar-refractivity contribution in [2.75, 3.05) is 12.4 Å². The summed E-state index contributed by atoms with van der Waals surface area (Å²) in [6, 6.07) is 14.1. The van der Waals surface area contributed by atoms with E-state index in [1.165, 1.54) is 6.07 Å². The first-order chi connectivity index (χ1) is 10.5. The average Bonchev–Trinajstić information content (AvgIpc) is 2.51. The molecule has 0 saturated heterocycles. The van der Waals surface area contributed by atoms with Crippen molar-refractivity contribution >= 4 is 11.6 Å². The van der Waals surface area contributed by atoms with Crippen molar-refractivity contribution in [3.8, 4) is 0 Å². The van der Waals surface area contributed by atoms with Crippen molar-refractivity contribution in [2.45, 2.75) is 26.4 Å². The molecular weight excluding hydrogens is 279 g/mol. The summed E-state index contributed by atoms with van der Waals surface area (Å²) in [6.45, 7) is 4.27. The molecule has 0 aliphatic heterocycles. The van der Waals surface area contributed by atoms with Crippen LogP contribution in [0.3, 0.4) is 0 Å². The molecule has 0 aliphatic rings. The fraction of sp³-hybridized carbons (Fsp3) is 0.278. The fourth-order valence-corrected chi connectivity index (χ4v) is 2.27. The molecule has 1 amide bonds. The van der Waals surface area contributed by atoms with E-state index >= 15 is 0 Å². The summed E-state index contributed by atoms with van der Waals surface area (Å²) in [5.74, 6) is -0.295. The monoisotopic (exact) mass is 301 g/mol. The van der Waals surface area contributed by atoms with Crippen molar-refractivity contribution in [3.05, 3.63) is 65.5 Å². The zero-order valence-electron chi connectivity index (χ0n) is 13.2. The minimum absolute atomic E-state index is 0.0665. The maximum atomic E-state index is 13.7. The van der Waals surface area contributed by atoms with E-state index < -0.39 is 0 Å². The predicted molar refractivity (Wildman–Crippen MR) is 86.3 cm³/mol. The van der Waals surface area contributed by atoms with Crippen LogP contribution in [0.2, 0.25) is 0 Å². The van der Waals surface area contributed by atoms with Crippen molar-refractivity contribution in [1.82, 2.24) is 0 Å². The van der Waals surface area contributed by atoms with Crippen LogP contribution in [0.15, 0.2) is 48.5 Å². The van der Waals surface area contributed by atoms with Gasteiger partial charge in [0.05, 0.1) is 7.05 Å². The zero-order valence-corrected chi connectivity index (χ0v) is 13.2. The topological polar surface area (TPSA) is 33.5 Å². The van der Waals surface area contributed by atoms with E-state index in [2.05, 4.69) is 5.32 Å². The molecule has 2 aromatic carbocycles. The van der Waals surface area contributed by atoms with Crippen LogP contribution >= 0.6 is 0 Å². The van der Waals surface area contributed by atoms with Gasteiger partial charge in [-0.15, -0.1) is 0 Å². The molecule has 0 saturated carbocycles. The standard InChI is InChI=1S/C18H21FN2O/c1-13-8-4-7-11-17(13)20-18(22)14(2)21(3)12-15-9-5-6-10-16(15)19/h4-11,14H,12H2,1-3H3,(H,20,22)/p+1/t14-/m0/s1. The van der Waals surface area contributed by atoms with Gasteiger partial charge in [-0.1, -0.05) is 36.4 Å². The van der Waals surface area contributed by atoms with Crippen LogP contribution in [0.1, 0.15) is 18.1 Å². The van der Waals surface area contributed by atoms with E-state index in [0.29, 0.717) is 12.1 Å². The largest absolute Gasteiger partial charge is 0.324 e. The van der Waals surface area contributed by atoms with E-state index in [1.54, 1.807) is 12.1 Å². The SMILES string of the molecule is Cc1ccccc1NC(=O)[C@H](C)[NH+](C)Cc1ccccc1F. The number of halogens is 1. The lowest BCUT2D eigenvalue weighted by atomic mass is 10.1. The molecule has 3 nitrogen and oxygen atoms in total. The van der Waals surface area contributed by atoms with Gasteiger partial charge in [0.25, 0.3) is 5.91 Å². The van der Waals surface area contributed by atoms with Gasteiger partial charge in [0.15, 0.2) is 6.04 Å². The van der Waals surface area contributed by atoms with Crippen molar-refractivity contribution in [1.29, 1.82) is 0 Å². The highest BCUT2D eigenvalue weighted by Crippen LogP contribution is 2.13. The lowest BCUT2D eigenvalue weighted by Crippen LogP contribution is -3.12. The first-order valence-electron chi connectivity index (χ1n) is 7.41. The Hall–Kier alpha value is -2.20. The molecule has 116 valence electrons. The van der Waals surface area contributed by atoms with Gasteiger partial charge in [-0.05, 0) is 31.5 Å². The van der Waals surface area contributed by atoms with Gasteiger partial charge in [-0.3, -0.25) is 4.79 Å². The summed E-state index contributed by atoms with van der Waals surface area (Å²) in [6.07, 6.45) is 0. The summed E-state index contributed by atoms with van der Waals surface area (Å²) in [5, 5.41) is 2.94. The number of carbonyl (C=O) groups is 1. The van der Waals surface area contributed by atoms with Crippen LogP contribution in [-0.2, 0) is 11.3 Å². The summed E-state index contributed by atoms with van der Waals surface area (Å²) >= 11 is 0. The van der Waals surface area contributed by atoms with E-state index in [9.17, 15) is 9.18 Å². The lowest BCUT2D eigenvalue weighted by molar-refractivity contribution is -0.908. The molecule has 1 unspecified atom stereocenters. The van der Waals surface area contributed by atoms with Gasteiger partial charge < -0.3 is 10.2 Å². The van der Waals surface area contributed by atoms with Gasteiger partial charge in [0.2, 0.25) is 0 Å². The quantitative estimate of drug-likeness (QED) is 0.872. The first kappa shape index (κ1) is 16.2. The Morgan fingerprint density at radius 2 is 1.82 bits per heavy atom. The third-order valence-corrected chi connectivity index (χ3v) is 3.96. The van der Waals surface area contributed by atoms with Crippen LogP contribution in [0.25, 0.3) is 0 Å². The molecule has 0 spiro atoms. The number of hydrogen-bond donors (Lipinski definition) is 2. The Labute approximate surface area is 130 Å². The summed E-state index contributed by atoms with van der Waals surface area (Å²) in [7, 11) is 1.90. The van der Waals surface area contributed by atoms with Gasteiger partial charge >= 0.3 is 0 Å². The number of carbonyl (C=O) groups excluding carboxylic acids is 1. The van der Waals surface area contributed by atoms with Crippen LogP contribution in [-0.4, -0.2) is 19.0 Å². The lowest BCUT2D eigenvalue weighted by Gasteiger charge is -2.21. The summed E-state index contributed by atoms with van der Waals surface area (Å²) in [4.78, 5) is 13.3. The minimum Gasteiger partial charge on any atom is -0.324 e. The number of likely N-dealkylation sites (N-methyl/N-ethyl adjacent to an activating group) is 1. The second-order valence-corrected chi connectivity index (χ2v) is 5.64. The summed E-state index contributed by atoms with van der Waals surface area (Å²) < 4.78 is 13.7. The second-order valence-electron chi connectivity index (χ2n) is 5.64. The molecular formula is C18H22FN2O+. The molecule has 0 aromatic heterocycles. The Morgan fingerprint density at radius 1 is 1.18 bits per heavy atom. The Bertz CT molecular complexity index is 657. The molecule has 4 heteroatoms. The molecule has 2 rings (SSSR count). The van der Waals surface area contributed by atoms with Gasteiger partial charge in [0, 0.05) is 11.3 Å². The molecule has 0 bridgehead atoms. The van der Waals surface area contributed by atoms with Gasteiger partial charge in [0.1, 0.15) is 12.4 Å². The molecule has 0 fully saturated rings. The second kappa shape index (κ2) is 7.18. The maximum absolute atomic E-state index is 13.7. The Balaban J connectivity index is 2.01. The number of nitrogens with one attached hydrogen (secondary N) is 2. The highest BCUT2D eigenvalue weighted by atomic mass is 19.1. The van der Waals surface area contributed by atoms with E-state index in [4.69, 9.17) is 0 Å². The molecule has 0 heterocycles. The van der Waals surface area contributed by atoms with Crippen LogP contribution < -0.4 is 10.2 Å². The molecule has 0 aliphatic carbocycles. The van der Waals surface area contributed by atoms with Crippen LogP contribution in [0.5, 0.6) is 0 Å². The number of benzene rings is 2. The normalized spacial score (nSPS) is 13.5. The number of aryl methyl sites for hydroxylation is 1. The average molecular weight is 301 g/mol. The number of quaternary nitrogens is 1. The van der Waals surface area contributed by atoms with E-state index in [0.717, 1.165) is 16.2 Å². The molecule has 2 atom stereocenters. The first-order valence-corrected chi connectivity index (χ1v) is 7.41. The molecule has 2 aromatic rings. The highest BCUT2D eigenvalue weighted by Gasteiger charge is 2.23. The Morgan fingerprint density at radius 3 is 2.50 bits per heavy atom. The molecule has 2 N–H and O–H groups in total. The third-order valence-electron chi connectivity index (χ3n) is 3.96. The number of para-hydroxylation sites is 1. The van der Waals surface area contributed by atoms with E-state index in [-0.39, 0.29) is 17.8 Å². The van der Waals surface area contributed by atoms with Gasteiger partial charge in [-0.25, -0.2) is 4.39 Å². The van der Waals surface area contributed by atoms with Crippen molar-refractivity contribution in [3.63, 3.8) is 0 Å². The molecule has 0 radical (unpaired) electrons. The molecule has 22 heavy (non-hydrogen) atoms. The predicted octanol–water partition coefficient (Wildman–Crippen LogP) is 2.18. The fourth-order valence-electron chi connectivity index (χ4n) is 2.27. The van der Waals surface area contributed by atoms with Crippen molar-refractivity contribution in [2.24, 2.45) is 0 Å². The van der Waals surface area contributed by atoms with Crippen LogP contribution in [0.4, 0.5) is 10.1 Å². The zero-order chi connectivity index (χ0) is 16.1. The maximum Gasteiger partial charge on any atom is 0.282 e. The minimum atomic E-state index is -0.279. The van der Waals surface area contributed by atoms with Crippen LogP contribution in [0, 0.1) is 12.7 Å². The number of hydrogen-bond acceptors (Lipinski definition) is 1. The third kappa shape index (κ3) is 3.92. The number of amides is 1. The number of rotatable bonds is 5. The number of anilines is 1. The Kier molecular flexibility index (Phi) is 5.28. The van der Waals surface area contributed by atoms with Gasteiger partial charge in [-0.2, -0.15) is 0 Å². The highest BCUT2D eigenvalue weighted by molar-refractivity contribution is 5.94.